The fraction of sp³-hybridized carbons (Fsp3) is 0.250. The quantitative estimate of drug-likeness (QED) is 0.847. The highest BCUT2D eigenvalue weighted by atomic mass is 32.2. The van der Waals surface area contributed by atoms with Crippen LogP contribution >= 0.6 is 11.8 Å². The average Bonchev–Trinajstić information content (AvgIpc) is 2.53. The Morgan fingerprint density at radius 3 is 2.86 bits per heavy atom. The lowest BCUT2D eigenvalue weighted by atomic mass is 10.1. The first-order chi connectivity index (χ1) is 10.3. The monoisotopic (exact) mass is 299 g/mol. The molecule has 1 heterocycles. The van der Waals surface area contributed by atoms with Crippen LogP contribution in [-0.4, -0.2) is 18.3 Å². The van der Waals surface area contributed by atoms with Crippen molar-refractivity contribution >= 4 is 16.9 Å². The molecule has 1 aromatic carbocycles. The lowest BCUT2D eigenvalue weighted by Crippen LogP contribution is -2.30. The molecule has 1 aliphatic rings. The zero-order valence-electron chi connectivity index (χ0n) is 11.9. The third-order valence-corrected chi connectivity index (χ3v) is 4.03. The number of aliphatic imine (C=N–C) groups is 1. The summed E-state index contributed by atoms with van der Waals surface area (Å²) in [6.45, 7) is 6.58. The molecular weight excluding hydrogens is 282 g/mol. The van der Waals surface area contributed by atoms with Crippen LogP contribution in [0.2, 0.25) is 0 Å². The van der Waals surface area contributed by atoms with E-state index in [0.29, 0.717) is 24.6 Å². The third-order valence-electron chi connectivity index (χ3n) is 2.83. The number of nitrogens with zero attached hydrogens (tertiary/aromatic N) is 2. The van der Waals surface area contributed by atoms with Crippen LogP contribution in [0.5, 0.6) is 0 Å². The molecule has 0 aliphatic carbocycles. The van der Waals surface area contributed by atoms with Gasteiger partial charge in [0, 0.05) is 0 Å². The average molecular weight is 299 g/mol. The van der Waals surface area contributed by atoms with Gasteiger partial charge in [0.25, 0.3) is 0 Å². The minimum Gasteiger partial charge on any atom is -0.478 e. The molecule has 5 heteroatoms. The summed E-state index contributed by atoms with van der Waals surface area (Å²) in [6, 6.07) is 12.2. The zero-order chi connectivity index (χ0) is 15.1. The Morgan fingerprint density at radius 1 is 1.48 bits per heavy atom. The van der Waals surface area contributed by atoms with E-state index in [4.69, 9.17) is 4.74 Å². The molecule has 4 nitrogen and oxygen atoms in total. The molecule has 0 saturated heterocycles. The first-order valence-corrected chi connectivity index (χ1v) is 7.59. The highest BCUT2D eigenvalue weighted by Gasteiger charge is 2.29. The molecule has 0 fully saturated rings. The molecule has 1 aromatic rings. The lowest BCUT2D eigenvalue weighted by Gasteiger charge is -2.26. The minimum atomic E-state index is -0.109. The highest BCUT2D eigenvalue weighted by molar-refractivity contribution is 8.14. The van der Waals surface area contributed by atoms with Gasteiger partial charge in [0.2, 0.25) is 5.88 Å². The first-order valence-electron chi connectivity index (χ1n) is 6.71. The van der Waals surface area contributed by atoms with Crippen LogP contribution < -0.4 is 5.32 Å². The van der Waals surface area contributed by atoms with Crippen LogP contribution in [0.25, 0.3) is 0 Å². The van der Waals surface area contributed by atoms with Crippen molar-refractivity contribution in [1.29, 1.82) is 5.26 Å². The second-order valence-corrected chi connectivity index (χ2v) is 5.35. The summed E-state index contributed by atoms with van der Waals surface area (Å²) in [7, 11) is 0. The van der Waals surface area contributed by atoms with Gasteiger partial charge >= 0.3 is 0 Å². The molecule has 108 valence electrons. The molecule has 21 heavy (non-hydrogen) atoms. The van der Waals surface area contributed by atoms with E-state index in [9.17, 15) is 5.26 Å². The molecule has 0 spiro atoms. The predicted molar refractivity (Wildman–Crippen MR) is 86.7 cm³/mol. The van der Waals surface area contributed by atoms with Crippen molar-refractivity contribution in [3.63, 3.8) is 0 Å². The SMILES string of the molecule is C=CCN=C1NC(OCC)=C(C#N)C(c2ccccc2)S1. The Kier molecular flexibility index (Phi) is 5.47. The first kappa shape index (κ1) is 15.2. The summed E-state index contributed by atoms with van der Waals surface area (Å²) in [5, 5.41) is 13.2. The maximum Gasteiger partial charge on any atom is 0.208 e. The van der Waals surface area contributed by atoms with Crippen molar-refractivity contribution in [1.82, 2.24) is 5.32 Å². The summed E-state index contributed by atoms with van der Waals surface area (Å²) >= 11 is 1.52. The highest BCUT2D eigenvalue weighted by Crippen LogP contribution is 2.40. The van der Waals surface area contributed by atoms with E-state index in [1.165, 1.54) is 11.8 Å². The number of nitriles is 1. The largest absolute Gasteiger partial charge is 0.478 e. The van der Waals surface area contributed by atoms with E-state index in [1.807, 2.05) is 37.3 Å². The number of rotatable bonds is 5. The van der Waals surface area contributed by atoms with E-state index < -0.39 is 0 Å². The second-order valence-electron chi connectivity index (χ2n) is 4.26. The number of hydrogen-bond donors (Lipinski definition) is 1. The van der Waals surface area contributed by atoms with Crippen LogP contribution in [-0.2, 0) is 4.74 Å². The predicted octanol–water partition coefficient (Wildman–Crippen LogP) is 3.38. The van der Waals surface area contributed by atoms with Crippen molar-refractivity contribution in [2.24, 2.45) is 4.99 Å². The van der Waals surface area contributed by atoms with Crippen LogP contribution in [0.4, 0.5) is 0 Å². The van der Waals surface area contributed by atoms with E-state index in [2.05, 4.69) is 23.0 Å². The van der Waals surface area contributed by atoms with Crippen molar-refractivity contribution in [2.45, 2.75) is 12.2 Å². The molecule has 0 radical (unpaired) electrons. The van der Waals surface area contributed by atoms with Gasteiger partial charge < -0.3 is 10.1 Å². The number of amidine groups is 1. The van der Waals surface area contributed by atoms with Gasteiger partial charge in [-0.15, -0.1) is 6.58 Å². The van der Waals surface area contributed by atoms with Crippen LogP contribution in [0.15, 0.2) is 59.4 Å². The molecule has 0 saturated carbocycles. The fourth-order valence-corrected chi connectivity index (χ4v) is 3.03. The number of hydrogen-bond acceptors (Lipinski definition) is 4. The van der Waals surface area contributed by atoms with Crippen molar-refractivity contribution < 1.29 is 4.74 Å². The number of ether oxygens (including phenoxy) is 1. The normalized spacial score (nSPS) is 19.8. The summed E-state index contributed by atoms with van der Waals surface area (Å²) in [4.78, 5) is 4.41. The zero-order valence-corrected chi connectivity index (χ0v) is 12.7. The number of benzene rings is 1. The fourth-order valence-electron chi connectivity index (χ4n) is 1.94. The van der Waals surface area contributed by atoms with Crippen molar-refractivity contribution in [3.8, 4) is 6.07 Å². The molecule has 1 aliphatic heterocycles. The van der Waals surface area contributed by atoms with Crippen molar-refractivity contribution in [2.75, 3.05) is 13.2 Å². The number of thioether (sulfide) groups is 1. The summed E-state index contributed by atoms with van der Waals surface area (Å²) in [5.74, 6) is 0.496. The van der Waals surface area contributed by atoms with Gasteiger partial charge in [-0.05, 0) is 12.5 Å². The standard InChI is InChI=1S/C16H17N3OS/c1-3-10-18-16-19-15(20-4-2)13(11-17)14(21-16)12-8-6-5-7-9-12/h3,5-9,14H,1,4,10H2,2H3,(H,18,19). The van der Waals surface area contributed by atoms with Gasteiger partial charge in [0.05, 0.1) is 18.4 Å². The van der Waals surface area contributed by atoms with Gasteiger partial charge in [-0.25, -0.2) is 0 Å². The summed E-state index contributed by atoms with van der Waals surface area (Å²) < 4.78 is 5.57. The van der Waals surface area contributed by atoms with E-state index >= 15 is 0 Å². The van der Waals surface area contributed by atoms with Gasteiger partial charge in [0.1, 0.15) is 11.6 Å². The summed E-state index contributed by atoms with van der Waals surface area (Å²) in [5.41, 5.74) is 1.65. The smallest absolute Gasteiger partial charge is 0.208 e. The minimum absolute atomic E-state index is 0.109. The second kappa shape index (κ2) is 7.55. The Morgan fingerprint density at radius 2 is 2.24 bits per heavy atom. The molecule has 1 unspecified atom stereocenters. The molecule has 1 N–H and O–H groups in total. The van der Waals surface area contributed by atoms with Crippen LogP contribution in [0.3, 0.4) is 0 Å². The van der Waals surface area contributed by atoms with Crippen LogP contribution in [0, 0.1) is 11.3 Å². The molecular formula is C16H17N3OS. The van der Waals surface area contributed by atoms with Crippen molar-refractivity contribution in [3.05, 3.63) is 60.0 Å². The van der Waals surface area contributed by atoms with E-state index in [-0.39, 0.29) is 5.25 Å². The summed E-state index contributed by atoms with van der Waals surface area (Å²) in [6.07, 6.45) is 1.73. The topological polar surface area (TPSA) is 57.4 Å². The van der Waals surface area contributed by atoms with E-state index in [1.54, 1.807) is 6.08 Å². The number of nitrogens with one attached hydrogen (secondary N) is 1. The van der Waals surface area contributed by atoms with Gasteiger partial charge in [-0.2, -0.15) is 5.26 Å². The Hall–Kier alpha value is -2.19. The Bertz CT molecular complexity index is 602. The Balaban J connectivity index is 2.42. The lowest BCUT2D eigenvalue weighted by molar-refractivity contribution is 0.213. The van der Waals surface area contributed by atoms with Gasteiger partial charge in [-0.3, -0.25) is 4.99 Å². The Labute approximate surface area is 129 Å². The molecule has 1 atom stereocenters. The molecule has 2 rings (SSSR count). The molecule has 0 bridgehead atoms. The van der Waals surface area contributed by atoms with Gasteiger partial charge in [0.15, 0.2) is 5.17 Å². The van der Waals surface area contributed by atoms with Gasteiger partial charge in [-0.1, -0.05) is 48.2 Å². The maximum absolute atomic E-state index is 9.48. The third kappa shape index (κ3) is 3.67. The van der Waals surface area contributed by atoms with E-state index in [0.717, 1.165) is 10.7 Å². The maximum atomic E-state index is 9.48. The molecule has 0 aromatic heterocycles. The van der Waals surface area contributed by atoms with Crippen LogP contribution in [0.1, 0.15) is 17.7 Å². The molecule has 0 amide bonds.